The van der Waals surface area contributed by atoms with E-state index in [4.69, 9.17) is 19.9 Å². The average molecular weight is 1070 g/mol. The third-order valence-corrected chi connectivity index (χ3v) is 14.5. The van der Waals surface area contributed by atoms with Crippen molar-refractivity contribution in [3.8, 4) is 0 Å². The number of allylic oxidation sites excluding steroid dienone is 6. The molecule has 17 heteroatoms. The fourth-order valence-electron chi connectivity index (χ4n) is 10.2. The number of nitrogens with one attached hydrogen (secondary N) is 4. The maximum absolute atomic E-state index is 11.3. The van der Waals surface area contributed by atoms with Gasteiger partial charge in [-0.15, -0.1) is 0 Å². The number of aromatic nitrogens is 8. The largest absolute Gasteiger partial charge is 4.00 e. The number of H-pyrrole nitrogens is 4. The number of carbonyl (C=O) groups is 4. The Hall–Kier alpha value is -8.21. The number of aromatic amines is 4. The van der Waals surface area contributed by atoms with Crippen LogP contribution in [0.1, 0.15) is 145 Å². The molecule has 0 aromatic carbocycles. The molecule has 388 valence electrons. The van der Waals surface area contributed by atoms with Crippen molar-refractivity contribution in [3.05, 3.63) is 140 Å². The van der Waals surface area contributed by atoms with Crippen LogP contribution in [0.25, 0.3) is 89.7 Å². The Labute approximate surface area is 458 Å². The van der Waals surface area contributed by atoms with Gasteiger partial charge in [0.1, 0.15) is 0 Å². The maximum atomic E-state index is 11.3. The monoisotopic (exact) mass is 1060 g/mol. The van der Waals surface area contributed by atoms with Crippen molar-refractivity contribution < 1.29 is 61.3 Å². The molecule has 16 nitrogen and oxygen atoms in total. The van der Waals surface area contributed by atoms with Crippen LogP contribution in [0.4, 0.5) is 0 Å². The van der Waals surface area contributed by atoms with Gasteiger partial charge < -0.3 is 59.5 Å². The van der Waals surface area contributed by atoms with Crippen molar-refractivity contribution in [1.29, 1.82) is 0 Å². The summed E-state index contributed by atoms with van der Waals surface area (Å²) in [5.41, 5.74) is 24.0. The Bertz CT molecular complexity index is 3700. The van der Waals surface area contributed by atoms with E-state index in [1.807, 2.05) is 116 Å². The summed E-state index contributed by atoms with van der Waals surface area (Å²) in [6, 6.07) is 19.8. The van der Waals surface area contributed by atoms with Gasteiger partial charge in [-0.2, -0.15) is 0 Å². The summed E-state index contributed by atoms with van der Waals surface area (Å²) in [4.78, 5) is 78.4. The summed E-state index contributed by atoms with van der Waals surface area (Å²) >= 11 is 0. The number of rotatable bonds is 12. The summed E-state index contributed by atoms with van der Waals surface area (Å²) in [6.45, 7) is 15.9. The van der Waals surface area contributed by atoms with E-state index in [1.165, 1.54) is 0 Å². The molecule has 0 saturated carbocycles. The van der Waals surface area contributed by atoms with Crippen LogP contribution in [-0.4, -0.2) is 63.7 Å². The Morgan fingerprint density at radius 1 is 0.390 bits per heavy atom. The van der Waals surface area contributed by atoms with Crippen molar-refractivity contribution >= 4 is 114 Å². The number of carboxylic acids is 4. The van der Waals surface area contributed by atoms with Crippen LogP contribution >= 0.6 is 0 Å². The first-order valence-corrected chi connectivity index (χ1v) is 25.2. The van der Waals surface area contributed by atoms with Gasteiger partial charge in [0, 0.05) is 68.0 Å². The molecule has 4 aliphatic rings. The summed E-state index contributed by atoms with van der Waals surface area (Å²) in [5, 5.41) is 45.2. The van der Waals surface area contributed by atoms with Crippen molar-refractivity contribution in [1.82, 2.24) is 39.9 Å². The molecule has 0 atom stereocenters. The number of hydrogen-bond donors (Lipinski definition) is 4. The molecule has 10 heterocycles. The average Bonchev–Trinajstić information content (AvgIpc) is 4.23. The Morgan fingerprint density at radius 3 is 1.10 bits per heavy atom. The fourth-order valence-corrected chi connectivity index (χ4v) is 10.2. The Morgan fingerprint density at radius 2 is 0.740 bits per heavy atom. The quantitative estimate of drug-likeness (QED) is 0.0881. The molecule has 0 saturated heterocycles. The minimum atomic E-state index is -1.13. The van der Waals surface area contributed by atoms with Gasteiger partial charge in [0.15, 0.2) is 0 Å². The first kappa shape index (κ1) is 55.0. The number of aryl methyl sites for hydroxylation is 6. The molecule has 4 aliphatic heterocycles. The van der Waals surface area contributed by atoms with Crippen molar-refractivity contribution in [2.45, 2.75) is 107 Å². The van der Waals surface area contributed by atoms with Crippen LogP contribution < -0.4 is 20.4 Å². The number of hydrogen-bond acceptors (Lipinski definition) is 12. The molecule has 0 radical (unpaired) electrons. The summed E-state index contributed by atoms with van der Waals surface area (Å²) in [6.07, 6.45) is 4.66. The predicted molar refractivity (Wildman–Crippen MR) is 288 cm³/mol. The van der Waals surface area contributed by atoms with Crippen LogP contribution in [0.15, 0.2) is 60.7 Å². The second-order valence-corrected chi connectivity index (χ2v) is 19.9. The molecular formula is C60H56N8O8Ti. The molecule has 0 unspecified atom stereocenters. The van der Waals surface area contributed by atoms with Gasteiger partial charge in [0.05, 0.1) is 45.6 Å². The third kappa shape index (κ3) is 12.1. The summed E-state index contributed by atoms with van der Waals surface area (Å²) in [5.74, 6) is -4.49. The van der Waals surface area contributed by atoms with Gasteiger partial charge in [0.25, 0.3) is 0 Å². The SMILES string of the molecule is CC1=Cc2cc3[nH]c(cc4nc(cc5[nH]c(cc1n2)cc5C)C(C)=C4CCC(=O)[O-])c(CCC(=O)[O-])c3C.CC1=Cc2cc3[nH]c(cc4nc(cc5[nH]c(cc1n2)cc5C)C(C)=C4CCC(=O)[O-])c(CCC(=O)[O-])c3C.[Ti+4]. The number of carbonyl (C=O) groups excluding carboxylic acids is 4. The van der Waals surface area contributed by atoms with Crippen molar-refractivity contribution in [2.24, 2.45) is 0 Å². The predicted octanol–water partition coefficient (Wildman–Crippen LogP) is 7.27. The zero-order chi connectivity index (χ0) is 54.3. The van der Waals surface area contributed by atoms with Gasteiger partial charge in [-0.25, -0.2) is 19.9 Å². The zero-order valence-electron chi connectivity index (χ0n) is 44.1. The van der Waals surface area contributed by atoms with Gasteiger partial charge in [-0.1, -0.05) is 0 Å². The van der Waals surface area contributed by atoms with E-state index < -0.39 is 23.9 Å². The van der Waals surface area contributed by atoms with Gasteiger partial charge in [-0.3, -0.25) is 0 Å². The van der Waals surface area contributed by atoms with E-state index in [0.717, 1.165) is 145 Å². The van der Waals surface area contributed by atoms with Gasteiger partial charge in [-0.05, 0) is 246 Å². The minimum Gasteiger partial charge on any atom is -0.550 e. The smallest absolute Gasteiger partial charge is 0.550 e. The Balaban J connectivity index is 0.000000201. The number of nitrogens with zero attached hydrogens (tertiary/aromatic N) is 4. The molecule has 77 heavy (non-hydrogen) atoms. The second-order valence-electron chi connectivity index (χ2n) is 19.9. The molecule has 0 fully saturated rings. The first-order chi connectivity index (χ1) is 36.2. The van der Waals surface area contributed by atoms with Crippen molar-refractivity contribution in [2.75, 3.05) is 0 Å². The van der Waals surface area contributed by atoms with Gasteiger partial charge >= 0.3 is 21.7 Å². The number of fused-ring (bicyclic) bond motifs is 16. The molecule has 4 N–H and O–H groups in total. The first-order valence-electron chi connectivity index (χ1n) is 25.2. The maximum Gasteiger partial charge on any atom is 4.00 e. The standard InChI is InChI=1S/2C30H30N4O4.Ti/c2*1-15-9-20-12-25-17(3)21(5-7-29(35)36)27(33-25)14-28-22(6-8-30(37)38)18(4)26(34-28)13-24-16(2)10-19(32-24)11-23(15)31-20;/h2*9-14,32-33H,5-8H2,1-4H3,(H,35,36)(H,37,38);/q;;+4/p-4. The molecule has 0 amide bonds. The molecule has 6 aromatic heterocycles. The zero-order valence-corrected chi connectivity index (χ0v) is 45.7. The van der Waals surface area contributed by atoms with Crippen LogP contribution in [0.5, 0.6) is 0 Å². The molecular weight excluding hydrogens is 1010 g/mol. The number of carboxylic acid groups (broad SMARTS) is 4. The fraction of sp³-hybridized carbons (Fsp3) is 0.267. The molecule has 6 aromatic rings. The topological polar surface area (TPSA) is 275 Å². The van der Waals surface area contributed by atoms with Crippen molar-refractivity contribution in [3.63, 3.8) is 0 Å². The van der Waals surface area contributed by atoms with E-state index >= 15 is 0 Å². The Kier molecular flexibility index (Phi) is 16.1. The normalized spacial score (nSPS) is 12.9. The number of aliphatic carboxylic acids is 4. The van der Waals surface area contributed by atoms with E-state index in [0.29, 0.717) is 11.4 Å². The molecule has 10 rings (SSSR count). The molecule has 0 spiro atoms. The third-order valence-electron chi connectivity index (χ3n) is 14.5. The van der Waals surface area contributed by atoms with E-state index in [-0.39, 0.29) is 73.1 Å². The second kappa shape index (κ2) is 22.6. The van der Waals surface area contributed by atoms with Crippen LogP contribution in [0.2, 0.25) is 0 Å². The van der Waals surface area contributed by atoms with E-state index in [9.17, 15) is 39.6 Å². The summed E-state index contributed by atoms with van der Waals surface area (Å²) < 4.78 is 0. The minimum absolute atomic E-state index is 0. The van der Waals surface area contributed by atoms with Crippen LogP contribution in [0, 0.1) is 27.7 Å². The van der Waals surface area contributed by atoms with E-state index in [2.05, 4.69) is 32.1 Å². The molecule has 0 aliphatic carbocycles. The van der Waals surface area contributed by atoms with Crippen LogP contribution in [0.3, 0.4) is 0 Å². The van der Waals surface area contributed by atoms with Gasteiger partial charge in [0.2, 0.25) is 0 Å². The summed E-state index contributed by atoms with van der Waals surface area (Å²) in [7, 11) is 0. The van der Waals surface area contributed by atoms with E-state index in [1.54, 1.807) is 0 Å². The molecule has 16 bridgehead atoms. The van der Waals surface area contributed by atoms with Crippen LogP contribution in [-0.2, 0) is 53.7 Å².